The van der Waals surface area contributed by atoms with E-state index in [1.54, 1.807) is 31.4 Å². The SMILES string of the molecule is CNC(=O)c1ccc(OC)c(NC(=O)c2cc(-c3cccc(OC)c3)n[nH]2)c1. The summed E-state index contributed by atoms with van der Waals surface area (Å²) < 4.78 is 10.5. The molecule has 8 heteroatoms. The molecular formula is C20H20N4O4. The molecule has 0 bridgehead atoms. The topological polar surface area (TPSA) is 105 Å². The highest BCUT2D eigenvalue weighted by molar-refractivity contribution is 6.05. The number of hydrogen-bond acceptors (Lipinski definition) is 5. The second-order valence-electron chi connectivity index (χ2n) is 5.85. The Bertz CT molecular complexity index is 1010. The number of aromatic nitrogens is 2. The van der Waals surface area contributed by atoms with Gasteiger partial charge in [-0.25, -0.2) is 0 Å². The summed E-state index contributed by atoms with van der Waals surface area (Å²) in [6, 6.07) is 13.8. The number of nitrogens with zero attached hydrogens (tertiary/aromatic N) is 1. The van der Waals surface area contributed by atoms with Gasteiger partial charge in [0, 0.05) is 18.2 Å². The molecule has 0 aliphatic carbocycles. The predicted molar refractivity (Wildman–Crippen MR) is 105 cm³/mol. The van der Waals surface area contributed by atoms with E-state index in [-0.39, 0.29) is 11.6 Å². The molecule has 3 rings (SSSR count). The van der Waals surface area contributed by atoms with E-state index in [1.807, 2.05) is 24.3 Å². The maximum Gasteiger partial charge on any atom is 0.273 e. The lowest BCUT2D eigenvalue weighted by Gasteiger charge is -2.11. The second-order valence-corrected chi connectivity index (χ2v) is 5.85. The summed E-state index contributed by atoms with van der Waals surface area (Å²) in [7, 11) is 4.61. The van der Waals surface area contributed by atoms with E-state index in [4.69, 9.17) is 9.47 Å². The number of rotatable bonds is 6. The maximum atomic E-state index is 12.6. The smallest absolute Gasteiger partial charge is 0.273 e. The van der Waals surface area contributed by atoms with Gasteiger partial charge < -0.3 is 20.1 Å². The average Bonchev–Trinajstić information content (AvgIpc) is 3.23. The molecule has 2 aromatic carbocycles. The number of amides is 2. The lowest BCUT2D eigenvalue weighted by molar-refractivity contribution is 0.0961. The van der Waals surface area contributed by atoms with Gasteiger partial charge in [-0.3, -0.25) is 14.7 Å². The van der Waals surface area contributed by atoms with E-state index in [1.165, 1.54) is 14.2 Å². The molecule has 0 radical (unpaired) electrons. The quantitative estimate of drug-likeness (QED) is 0.610. The van der Waals surface area contributed by atoms with Crippen LogP contribution in [-0.2, 0) is 0 Å². The summed E-state index contributed by atoms with van der Waals surface area (Å²) in [5.74, 6) is 0.463. The summed E-state index contributed by atoms with van der Waals surface area (Å²) >= 11 is 0. The molecule has 0 saturated heterocycles. The van der Waals surface area contributed by atoms with Gasteiger partial charge in [0.15, 0.2) is 0 Å². The molecule has 0 unspecified atom stereocenters. The van der Waals surface area contributed by atoms with Crippen LogP contribution < -0.4 is 20.1 Å². The Balaban J connectivity index is 1.84. The van der Waals surface area contributed by atoms with Crippen LogP contribution >= 0.6 is 0 Å². The number of hydrogen-bond donors (Lipinski definition) is 3. The fourth-order valence-electron chi connectivity index (χ4n) is 2.65. The molecule has 2 amide bonds. The largest absolute Gasteiger partial charge is 0.497 e. The van der Waals surface area contributed by atoms with Crippen LogP contribution in [0.2, 0.25) is 0 Å². The monoisotopic (exact) mass is 380 g/mol. The van der Waals surface area contributed by atoms with Crippen molar-refractivity contribution in [3.05, 3.63) is 59.8 Å². The molecular weight excluding hydrogens is 360 g/mol. The van der Waals surface area contributed by atoms with Crippen molar-refractivity contribution in [1.82, 2.24) is 15.5 Å². The van der Waals surface area contributed by atoms with E-state index in [0.717, 1.165) is 5.56 Å². The Hall–Kier alpha value is -3.81. The van der Waals surface area contributed by atoms with Crippen LogP contribution in [0.4, 0.5) is 5.69 Å². The van der Waals surface area contributed by atoms with Crippen LogP contribution in [0.25, 0.3) is 11.3 Å². The molecule has 8 nitrogen and oxygen atoms in total. The molecule has 3 aromatic rings. The van der Waals surface area contributed by atoms with Crippen molar-refractivity contribution in [2.75, 3.05) is 26.6 Å². The first-order chi connectivity index (χ1) is 13.5. The molecule has 0 aliphatic rings. The van der Waals surface area contributed by atoms with Gasteiger partial charge in [-0.1, -0.05) is 12.1 Å². The highest BCUT2D eigenvalue weighted by Crippen LogP contribution is 2.27. The Morgan fingerprint density at radius 3 is 2.54 bits per heavy atom. The molecule has 28 heavy (non-hydrogen) atoms. The molecule has 0 saturated carbocycles. The average molecular weight is 380 g/mol. The normalized spacial score (nSPS) is 10.2. The molecule has 0 fully saturated rings. The van der Waals surface area contributed by atoms with Crippen molar-refractivity contribution < 1.29 is 19.1 Å². The van der Waals surface area contributed by atoms with Crippen LogP contribution in [0.5, 0.6) is 11.5 Å². The zero-order valence-electron chi connectivity index (χ0n) is 15.7. The van der Waals surface area contributed by atoms with Crippen molar-refractivity contribution in [3.8, 4) is 22.8 Å². The van der Waals surface area contributed by atoms with Gasteiger partial charge in [0.1, 0.15) is 17.2 Å². The standard InChI is InChI=1S/C20H20N4O4/c1-21-19(25)13-7-8-18(28-3)16(10-13)22-20(26)17-11-15(23-24-17)12-5-4-6-14(9-12)27-2/h4-11H,1-3H3,(H,21,25)(H,22,26)(H,23,24). The van der Waals surface area contributed by atoms with Gasteiger partial charge in [0.05, 0.1) is 25.6 Å². The Morgan fingerprint density at radius 2 is 1.82 bits per heavy atom. The Labute approximate surface area is 161 Å². The second kappa shape index (κ2) is 8.26. The fraction of sp³-hybridized carbons (Fsp3) is 0.150. The summed E-state index contributed by atoms with van der Waals surface area (Å²) in [4.78, 5) is 24.5. The van der Waals surface area contributed by atoms with Gasteiger partial charge in [-0.15, -0.1) is 0 Å². The highest BCUT2D eigenvalue weighted by atomic mass is 16.5. The van der Waals surface area contributed by atoms with Gasteiger partial charge in [0.25, 0.3) is 11.8 Å². The number of nitrogens with one attached hydrogen (secondary N) is 3. The van der Waals surface area contributed by atoms with E-state index in [9.17, 15) is 9.59 Å². The lowest BCUT2D eigenvalue weighted by atomic mass is 10.1. The van der Waals surface area contributed by atoms with Gasteiger partial charge >= 0.3 is 0 Å². The number of methoxy groups -OCH3 is 2. The zero-order valence-corrected chi connectivity index (χ0v) is 15.7. The minimum Gasteiger partial charge on any atom is -0.497 e. The minimum atomic E-state index is -0.408. The van der Waals surface area contributed by atoms with Crippen molar-refractivity contribution in [2.45, 2.75) is 0 Å². The fourth-order valence-corrected chi connectivity index (χ4v) is 2.65. The predicted octanol–water partition coefficient (Wildman–Crippen LogP) is 2.71. The highest BCUT2D eigenvalue weighted by Gasteiger charge is 2.15. The van der Waals surface area contributed by atoms with E-state index < -0.39 is 5.91 Å². The first-order valence-corrected chi connectivity index (χ1v) is 8.47. The summed E-state index contributed by atoms with van der Waals surface area (Å²) in [6.45, 7) is 0. The lowest BCUT2D eigenvalue weighted by Crippen LogP contribution is -2.19. The van der Waals surface area contributed by atoms with Crippen LogP contribution in [0.1, 0.15) is 20.8 Å². The van der Waals surface area contributed by atoms with Gasteiger partial charge in [-0.05, 0) is 36.4 Å². The van der Waals surface area contributed by atoms with E-state index in [0.29, 0.717) is 28.4 Å². The third kappa shape index (κ3) is 3.96. The van der Waals surface area contributed by atoms with Gasteiger partial charge in [0.2, 0.25) is 0 Å². The summed E-state index contributed by atoms with van der Waals surface area (Å²) in [6.07, 6.45) is 0. The first kappa shape index (κ1) is 19.0. The molecule has 0 aliphatic heterocycles. The van der Waals surface area contributed by atoms with Crippen LogP contribution in [0, 0.1) is 0 Å². The Kier molecular flexibility index (Phi) is 5.59. The Morgan fingerprint density at radius 1 is 1.00 bits per heavy atom. The zero-order chi connectivity index (χ0) is 20.1. The summed E-state index contributed by atoms with van der Waals surface area (Å²) in [5.41, 5.74) is 2.47. The molecule has 0 atom stereocenters. The molecule has 3 N–H and O–H groups in total. The van der Waals surface area contributed by atoms with E-state index >= 15 is 0 Å². The number of H-pyrrole nitrogens is 1. The van der Waals surface area contributed by atoms with E-state index in [2.05, 4.69) is 20.8 Å². The molecule has 1 aromatic heterocycles. The van der Waals surface area contributed by atoms with Crippen molar-refractivity contribution in [2.24, 2.45) is 0 Å². The first-order valence-electron chi connectivity index (χ1n) is 8.47. The van der Waals surface area contributed by atoms with Crippen LogP contribution in [0.15, 0.2) is 48.5 Å². The van der Waals surface area contributed by atoms with Crippen LogP contribution in [0.3, 0.4) is 0 Å². The number of benzene rings is 2. The summed E-state index contributed by atoms with van der Waals surface area (Å²) in [5, 5.41) is 12.2. The molecule has 0 spiro atoms. The third-order valence-corrected chi connectivity index (χ3v) is 4.12. The molecule has 1 heterocycles. The third-order valence-electron chi connectivity index (χ3n) is 4.12. The van der Waals surface area contributed by atoms with Crippen molar-refractivity contribution >= 4 is 17.5 Å². The number of ether oxygens (including phenoxy) is 2. The minimum absolute atomic E-state index is 0.264. The van der Waals surface area contributed by atoms with Crippen molar-refractivity contribution in [3.63, 3.8) is 0 Å². The van der Waals surface area contributed by atoms with Crippen LogP contribution in [-0.4, -0.2) is 43.3 Å². The number of carbonyl (C=O) groups is 2. The molecule has 144 valence electrons. The maximum absolute atomic E-state index is 12.6. The van der Waals surface area contributed by atoms with Gasteiger partial charge in [-0.2, -0.15) is 5.10 Å². The number of carbonyl (C=O) groups excluding carboxylic acids is 2. The van der Waals surface area contributed by atoms with Crippen molar-refractivity contribution in [1.29, 1.82) is 0 Å². The number of anilines is 1. The number of aromatic amines is 1.